The van der Waals surface area contributed by atoms with E-state index >= 15 is 0 Å². The van der Waals surface area contributed by atoms with Gasteiger partial charge in [0.25, 0.3) is 5.91 Å². The van der Waals surface area contributed by atoms with E-state index in [0.717, 1.165) is 0 Å². The fraction of sp³-hybridized carbons (Fsp3) is 0.462. The summed E-state index contributed by atoms with van der Waals surface area (Å²) in [5.74, 6) is -0.215. The first-order valence-corrected chi connectivity index (χ1v) is 6.14. The van der Waals surface area contributed by atoms with Gasteiger partial charge in [-0.1, -0.05) is 31.5 Å². The summed E-state index contributed by atoms with van der Waals surface area (Å²) in [4.78, 5) is 11.8. The average Bonchev–Trinajstić information content (AvgIpc) is 2.35. The Bertz CT molecular complexity index is 389. The summed E-state index contributed by atoms with van der Waals surface area (Å²) in [5.41, 5.74) is -0.319. The van der Waals surface area contributed by atoms with Gasteiger partial charge in [-0.2, -0.15) is 0 Å². The number of carbonyl (C=O) groups excluding carboxylic acids is 1. The van der Waals surface area contributed by atoms with Gasteiger partial charge in [0, 0.05) is 17.1 Å². The molecule has 1 amide bonds. The zero-order chi connectivity index (χ0) is 12.9. The van der Waals surface area contributed by atoms with Gasteiger partial charge in [-0.15, -0.1) is 0 Å². The summed E-state index contributed by atoms with van der Waals surface area (Å²) in [5, 5.41) is 13.3. The van der Waals surface area contributed by atoms with Crippen LogP contribution >= 0.6 is 11.6 Å². The fourth-order valence-electron chi connectivity index (χ4n) is 1.48. The second-order valence-electron chi connectivity index (χ2n) is 4.12. The van der Waals surface area contributed by atoms with Gasteiger partial charge in [-0.05, 0) is 31.0 Å². The monoisotopic (exact) mass is 255 g/mol. The van der Waals surface area contributed by atoms with Crippen molar-refractivity contribution >= 4 is 17.5 Å². The Hall–Kier alpha value is -1.06. The predicted molar refractivity (Wildman–Crippen MR) is 69.3 cm³/mol. The number of hydrogen-bond acceptors (Lipinski definition) is 2. The Kier molecular flexibility index (Phi) is 4.97. The van der Waals surface area contributed by atoms with Gasteiger partial charge < -0.3 is 10.4 Å². The maximum Gasteiger partial charge on any atom is 0.251 e. The molecule has 0 aliphatic rings. The molecule has 0 heterocycles. The van der Waals surface area contributed by atoms with E-state index in [0.29, 0.717) is 23.4 Å². The van der Waals surface area contributed by atoms with Crippen LogP contribution in [-0.2, 0) is 0 Å². The highest BCUT2D eigenvalue weighted by Crippen LogP contribution is 2.14. The lowest BCUT2D eigenvalue weighted by atomic mass is 9.97. The molecule has 1 rings (SSSR count). The van der Waals surface area contributed by atoms with E-state index in [2.05, 4.69) is 5.32 Å². The molecular weight excluding hydrogens is 238 g/mol. The molecule has 0 spiro atoms. The molecule has 0 aliphatic carbocycles. The van der Waals surface area contributed by atoms with Gasteiger partial charge in [-0.25, -0.2) is 0 Å². The molecule has 0 radical (unpaired) electrons. The van der Waals surface area contributed by atoms with Crippen LogP contribution in [0.1, 0.15) is 37.0 Å². The number of nitrogens with one attached hydrogen (secondary N) is 1. The van der Waals surface area contributed by atoms with Crippen LogP contribution in [-0.4, -0.2) is 23.2 Å². The first-order valence-electron chi connectivity index (χ1n) is 5.77. The van der Waals surface area contributed by atoms with Gasteiger partial charge in [0.15, 0.2) is 0 Å². The Morgan fingerprint density at radius 2 is 2.06 bits per heavy atom. The molecule has 0 saturated carbocycles. The largest absolute Gasteiger partial charge is 0.388 e. The molecule has 0 aromatic heterocycles. The minimum absolute atomic E-state index is 0.215. The van der Waals surface area contributed by atoms with Crippen molar-refractivity contribution in [3.8, 4) is 0 Å². The predicted octanol–water partition coefficient (Wildman–Crippen LogP) is 2.62. The summed E-state index contributed by atoms with van der Waals surface area (Å²) >= 11 is 5.80. The van der Waals surface area contributed by atoms with Crippen molar-refractivity contribution in [3.63, 3.8) is 0 Å². The summed E-state index contributed by atoms with van der Waals surface area (Å²) < 4.78 is 0. The Balaban J connectivity index is 2.62. The van der Waals surface area contributed by atoms with Crippen molar-refractivity contribution in [2.24, 2.45) is 0 Å². The number of aliphatic hydroxyl groups is 1. The number of hydrogen-bond donors (Lipinski definition) is 2. The molecule has 0 saturated heterocycles. The lowest BCUT2D eigenvalue weighted by molar-refractivity contribution is 0.0314. The van der Waals surface area contributed by atoms with Crippen molar-refractivity contribution in [2.75, 3.05) is 6.54 Å². The standard InChI is InChI=1S/C13H18ClNO2/c1-3-13(17,4-2)9-15-12(16)10-6-5-7-11(14)8-10/h5-8,17H,3-4,9H2,1-2H3,(H,15,16). The van der Waals surface area contributed by atoms with E-state index in [1.54, 1.807) is 24.3 Å². The van der Waals surface area contributed by atoms with E-state index in [1.807, 2.05) is 13.8 Å². The smallest absolute Gasteiger partial charge is 0.251 e. The maximum atomic E-state index is 11.8. The molecule has 0 atom stereocenters. The second-order valence-corrected chi connectivity index (χ2v) is 4.56. The van der Waals surface area contributed by atoms with Gasteiger partial charge >= 0.3 is 0 Å². The normalized spacial score (nSPS) is 11.3. The van der Waals surface area contributed by atoms with Gasteiger partial charge in [0.2, 0.25) is 0 Å². The van der Waals surface area contributed by atoms with Crippen LogP contribution < -0.4 is 5.32 Å². The Morgan fingerprint density at radius 3 is 2.59 bits per heavy atom. The maximum absolute atomic E-state index is 11.8. The van der Waals surface area contributed by atoms with Crippen molar-refractivity contribution in [1.29, 1.82) is 0 Å². The highest BCUT2D eigenvalue weighted by atomic mass is 35.5. The van der Waals surface area contributed by atoms with Crippen molar-refractivity contribution in [2.45, 2.75) is 32.3 Å². The summed E-state index contributed by atoms with van der Waals surface area (Å²) in [7, 11) is 0. The van der Waals surface area contributed by atoms with E-state index in [1.165, 1.54) is 0 Å². The van der Waals surface area contributed by atoms with Crippen molar-refractivity contribution in [3.05, 3.63) is 34.9 Å². The number of carbonyl (C=O) groups is 1. The lowest BCUT2D eigenvalue weighted by Gasteiger charge is -2.25. The molecule has 0 fully saturated rings. The van der Waals surface area contributed by atoms with Crippen LogP contribution in [0.15, 0.2) is 24.3 Å². The van der Waals surface area contributed by atoms with E-state index in [-0.39, 0.29) is 12.5 Å². The minimum Gasteiger partial charge on any atom is -0.388 e. The van der Waals surface area contributed by atoms with E-state index < -0.39 is 5.60 Å². The van der Waals surface area contributed by atoms with Crippen molar-refractivity contribution < 1.29 is 9.90 Å². The second kappa shape index (κ2) is 6.03. The lowest BCUT2D eigenvalue weighted by Crippen LogP contribution is -2.42. The fourth-order valence-corrected chi connectivity index (χ4v) is 1.67. The molecule has 94 valence electrons. The zero-order valence-corrected chi connectivity index (χ0v) is 10.9. The highest BCUT2D eigenvalue weighted by Gasteiger charge is 2.22. The Labute approximate surface area is 107 Å². The van der Waals surface area contributed by atoms with Crippen LogP contribution in [0.25, 0.3) is 0 Å². The molecule has 17 heavy (non-hydrogen) atoms. The van der Waals surface area contributed by atoms with E-state index in [9.17, 15) is 9.90 Å². The Morgan fingerprint density at radius 1 is 1.41 bits per heavy atom. The van der Waals surface area contributed by atoms with Gasteiger partial charge in [0.05, 0.1) is 5.60 Å². The molecule has 0 unspecified atom stereocenters. The van der Waals surface area contributed by atoms with Crippen LogP contribution in [0.3, 0.4) is 0 Å². The van der Waals surface area contributed by atoms with Crippen LogP contribution in [0.5, 0.6) is 0 Å². The summed E-state index contributed by atoms with van der Waals surface area (Å²) in [6.45, 7) is 4.05. The number of amides is 1. The molecule has 1 aromatic carbocycles. The van der Waals surface area contributed by atoms with Crippen LogP contribution in [0, 0.1) is 0 Å². The topological polar surface area (TPSA) is 49.3 Å². The van der Waals surface area contributed by atoms with E-state index in [4.69, 9.17) is 11.6 Å². The molecule has 1 aromatic rings. The third-order valence-electron chi connectivity index (χ3n) is 2.98. The number of benzene rings is 1. The number of halogens is 1. The number of rotatable bonds is 5. The van der Waals surface area contributed by atoms with Crippen LogP contribution in [0.4, 0.5) is 0 Å². The third-order valence-corrected chi connectivity index (χ3v) is 3.22. The summed E-state index contributed by atoms with van der Waals surface area (Å²) in [6, 6.07) is 6.74. The van der Waals surface area contributed by atoms with Crippen LogP contribution in [0.2, 0.25) is 5.02 Å². The average molecular weight is 256 g/mol. The zero-order valence-electron chi connectivity index (χ0n) is 10.2. The quantitative estimate of drug-likeness (QED) is 0.850. The minimum atomic E-state index is -0.825. The molecule has 0 bridgehead atoms. The first-order chi connectivity index (χ1) is 8.00. The van der Waals surface area contributed by atoms with Crippen molar-refractivity contribution in [1.82, 2.24) is 5.32 Å². The first kappa shape index (κ1) is 14.0. The molecule has 2 N–H and O–H groups in total. The summed E-state index contributed by atoms with van der Waals surface area (Å²) in [6.07, 6.45) is 1.22. The molecule has 0 aliphatic heterocycles. The third kappa shape index (κ3) is 4.02. The molecule has 4 heteroatoms. The van der Waals surface area contributed by atoms with Gasteiger partial charge in [-0.3, -0.25) is 4.79 Å². The highest BCUT2D eigenvalue weighted by molar-refractivity contribution is 6.30. The molecular formula is C13H18ClNO2. The SMILES string of the molecule is CCC(O)(CC)CNC(=O)c1cccc(Cl)c1. The molecule has 3 nitrogen and oxygen atoms in total. The van der Waals surface area contributed by atoms with Gasteiger partial charge in [0.1, 0.15) is 0 Å².